The highest BCUT2D eigenvalue weighted by Gasteiger charge is 2.16. The van der Waals surface area contributed by atoms with Crippen LogP contribution in [0.4, 0.5) is 10.9 Å². The quantitative estimate of drug-likeness (QED) is 0.734. The van der Waals surface area contributed by atoms with Gasteiger partial charge in [0, 0.05) is 12.6 Å². The molecule has 0 radical (unpaired) electrons. The van der Waals surface area contributed by atoms with Crippen LogP contribution in [-0.4, -0.2) is 23.5 Å². The molecule has 0 saturated carbocycles. The average molecular weight is 242 g/mol. The SMILES string of the molecule is CCCNc1nc(N)c(C(=O)NC(C)C)s1. The van der Waals surface area contributed by atoms with Gasteiger partial charge in [-0.05, 0) is 20.3 Å². The number of amides is 1. The van der Waals surface area contributed by atoms with Crippen molar-refractivity contribution in [2.24, 2.45) is 0 Å². The number of thiazole rings is 1. The van der Waals surface area contributed by atoms with Crippen LogP contribution in [0.3, 0.4) is 0 Å². The van der Waals surface area contributed by atoms with Crippen LogP contribution in [0.1, 0.15) is 36.9 Å². The Labute approximate surface area is 99.4 Å². The van der Waals surface area contributed by atoms with E-state index in [2.05, 4.69) is 22.5 Å². The van der Waals surface area contributed by atoms with Crippen molar-refractivity contribution in [3.63, 3.8) is 0 Å². The van der Waals surface area contributed by atoms with Gasteiger partial charge in [-0.2, -0.15) is 0 Å². The van der Waals surface area contributed by atoms with Gasteiger partial charge in [0.25, 0.3) is 5.91 Å². The number of anilines is 2. The molecule has 1 rings (SSSR count). The Morgan fingerprint density at radius 3 is 2.81 bits per heavy atom. The van der Waals surface area contributed by atoms with Gasteiger partial charge in [0.1, 0.15) is 10.7 Å². The van der Waals surface area contributed by atoms with E-state index in [4.69, 9.17) is 5.73 Å². The van der Waals surface area contributed by atoms with Crippen LogP contribution in [0.15, 0.2) is 0 Å². The Morgan fingerprint density at radius 1 is 1.56 bits per heavy atom. The lowest BCUT2D eigenvalue weighted by molar-refractivity contribution is 0.0948. The van der Waals surface area contributed by atoms with E-state index >= 15 is 0 Å². The normalized spacial score (nSPS) is 10.5. The van der Waals surface area contributed by atoms with Crippen LogP contribution in [0.5, 0.6) is 0 Å². The molecule has 1 aromatic heterocycles. The molecule has 0 aliphatic carbocycles. The van der Waals surface area contributed by atoms with E-state index in [0.717, 1.165) is 13.0 Å². The second-order valence-corrected chi connectivity index (χ2v) is 4.79. The van der Waals surface area contributed by atoms with Gasteiger partial charge in [0.15, 0.2) is 5.13 Å². The number of nitrogen functional groups attached to an aromatic ring is 1. The van der Waals surface area contributed by atoms with E-state index in [9.17, 15) is 4.79 Å². The predicted molar refractivity (Wildman–Crippen MR) is 67.9 cm³/mol. The molecule has 1 heterocycles. The summed E-state index contributed by atoms with van der Waals surface area (Å²) in [7, 11) is 0. The number of nitrogens with one attached hydrogen (secondary N) is 2. The van der Waals surface area contributed by atoms with E-state index in [1.165, 1.54) is 11.3 Å². The summed E-state index contributed by atoms with van der Waals surface area (Å²) in [5.74, 6) is 0.135. The predicted octanol–water partition coefficient (Wildman–Crippen LogP) is 1.69. The summed E-state index contributed by atoms with van der Waals surface area (Å²) in [4.78, 5) is 16.3. The van der Waals surface area contributed by atoms with Gasteiger partial charge in [-0.1, -0.05) is 18.3 Å². The fourth-order valence-electron chi connectivity index (χ4n) is 1.13. The first-order chi connectivity index (χ1) is 7.54. The van der Waals surface area contributed by atoms with Gasteiger partial charge in [-0.3, -0.25) is 4.79 Å². The molecular weight excluding hydrogens is 224 g/mol. The Bertz CT molecular complexity index is 362. The van der Waals surface area contributed by atoms with Crippen LogP contribution in [0.2, 0.25) is 0 Å². The van der Waals surface area contributed by atoms with Crippen molar-refractivity contribution < 1.29 is 4.79 Å². The Morgan fingerprint density at radius 2 is 2.25 bits per heavy atom. The Hall–Kier alpha value is -1.30. The molecule has 5 nitrogen and oxygen atoms in total. The van der Waals surface area contributed by atoms with Crippen molar-refractivity contribution in [2.45, 2.75) is 33.2 Å². The highest BCUT2D eigenvalue weighted by Crippen LogP contribution is 2.24. The van der Waals surface area contributed by atoms with Crippen LogP contribution in [-0.2, 0) is 0 Å². The highest BCUT2D eigenvalue weighted by molar-refractivity contribution is 7.18. The number of rotatable bonds is 5. The van der Waals surface area contributed by atoms with Crippen LogP contribution in [0, 0.1) is 0 Å². The smallest absolute Gasteiger partial charge is 0.265 e. The fourth-order valence-corrected chi connectivity index (χ4v) is 1.94. The zero-order valence-electron chi connectivity index (χ0n) is 9.83. The van der Waals surface area contributed by atoms with Crippen LogP contribution >= 0.6 is 11.3 Å². The Balaban J connectivity index is 2.72. The third kappa shape index (κ3) is 3.37. The lowest BCUT2D eigenvalue weighted by Gasteiger charge is -2.06. The molecule has 1 amide bonds. The molecule has 4 N–H and O–H groups in total. The van der Waals surface area contributed by atoms with Crippen molar-refractivity contribution in [3.8, 4) is 0 Å². The molecule has 6 heteroatoms. The second-order valence-electron chi connectivity index (χ2n) is 3.79. The maximum Gasteiger partial charge on any atom is 0.265 e. The molecule has 0 atom stereocenters. The van der Waals surface area contributed by atoms with E-state index in [0.29, 0.717) is 15.8 Å². The maximum absolute atomic E-state index is 11.7. The van der Waals surface area contributed by atoms with Crippen molar-refractivity contribution in [1.29, 1.82) is 0 Å². The summed E-state index contributed by atoms with van der Waals surface area (Å²) in [6.45, 7) is 6.71. The topological polar surface area (TPSA) is 80.0 Å². The zero-order valence-corrected chi connectivity index (χ0v) is 10.6. The van der Waals surface area contributed by atoms with Gasteiger partial charge < -0.3 is 16.4 Å². The number of carbonyl (C=O) groups excluding carboxylic acids is 1. The van der Waals surface area contributed by atoms with Gasteiger partial charge in [-0.25, -0.2) is 4.98 Å². The number of nitrogens with two attached hydrogens (primary N) is 1. The van der Waals surface area contributed by atoms with Gasteiger partial charge >= 0.3 is 0 Å². The molecule has 0 aromatic carbocycles. The zero-order chi connectivity index (χ0) is 12.1. The number of hydrogen-bond acceptors (Lipinski definition) is 5. The van der Waals surface area contributed by atoms with Crippen molar-refractivity contribution in [1.82, 2.24) is 10.3 Å². The van der Waals surface area contributed by atoms with Gasteiger partial charge in [0.2, 0.25) is 0 Å². The molecule has 1 aromatic rings. The first kappa shape index (κ1) is 12.8. The minimum absolute atomic E-state index is 0.0982. The van der Waals surface area contributed by atoms with E-state index in [-0.39, 0.29) is 11.9 Å². The molecule has 0 aliphatic rings. The van der Waals surface area contributed by atoms with Gasteiger partial charge in [-0.15, -0.1) is 0 Å². The number of hydrogen-bond donors (Lipinski definition) is 3. The summed E-state index contributed by atoms with van der Waals surface area (Å²) < 4.78 is 0. The summed E-state index contributed by atoms with van der Waals surface area (Å²) in [5, 5.41) is 6.61. The van der Waals surface area contributed by atoms with Crippen molar-refractivity contribution >= 4 is 28.2 Å². The minimum atomic E-state index is -0.158. The summed E-state index contributed by atoms with van der Waals surface area (Å²) in [5.41, 5.74) is 5.69. The molecule has 0 unspecified atom stereocenters. The molecule has 0 spiro atoms. The first-order valence-electron chi connectivity index (χ1n) is 5.35. The first-order valence-corrected chi connectivity index (χ1v) is 6.17. The van der Waals surface area contributed by atoms with E-state index in [1.54, 1.807) is 0 Å². The molecule has 0 fully saturated rings. The van der Waals surface area contributed by atoms with Crippen LogP contribution in [0.25, 0.3) is 0 Å². The monoisotopic (exact) mass is 242 g/mol. The fraction of sp³-hybridized carbons (Fsp3) is 0.600. The van der Waals surface area contributed by atoms with E-state index in [1.807, 2.05) is 13.8 Å². The third-order valence-electron chi connectivity index (χ3n) is 1.81. The van der Waals surface area contributed by atoms with Crippen molar-refractivity contribution in [2.75, 3.05) is 17.6 Å². The standard InChI is InChI=1S/C10H18N4OS/c1-4-5-12-10-14-8(11)7(16-10)9(15)13-6(2)3/h6H,4-5,11H2,1-3H3,(H,12,14)(H,13,15). The second kappa shape index (κ2) is 5.69. The van der Waals surface area contributed by atoms with E-state index < -0.39 is 0 Å². The number of nitrogens with zero attached hydrogens (tertiary/aromatic N) is 1. The lowest BCUT2D eigenvalue weighted by Crippen LogP contribution is -2.29. The average Bonchev–Trinajstić information content (AvgIpc) is 2.55. The Kier molecular flexibility index (Phi) is 4.54. The van der Waals surface area contributed by atoms with Crippen molar-refractivity contribution in [3.05, 3.63) is 4.88 Å². The summed E-state index contributed by atoms with van der Waals surface area (Å²) in [6, 6.07) is 0.0982. The minimum Gasteiger partial charge on any atom is -0.382 e. The number of aromatic nitrogens is 1. The third-order valence-corrected chi connectivity index (χ3v) is 2.83. The number of carbonyl (C=O) groups is 1. The highest BCUT2D eigenvalue weighted by atomic mass is 32.1. The largest absolute Gasteiger partial charge is 0.382 e. The maximum atomic E-state index is 11.7. The molecule has 0 bridgehead atoms. The molecule has 0 saturated heterocycles. The molecule has 16 heavy (non-hydrogen) atoms. The lowest BCUT2D eigenvalue weighted by atomic mass is 10.3. The summed E-state index contributed by atoms with van der Waals surface area (Å²) >= 11 is 1.29. The molecular formula is C10H18N4OS. The van der Waals surface area contributed by atoms with Crippen LogP contribution < -0.4 is 16.4 Å². The summed E-state index contributed by atoms with van der Waals surface area (Å²) in [6.07, 6.45) is 1.01. The van der Waals surface area contributed by atoms with Gasteiger partial charge in [0.05, 0.1) is 0 Å². The molecule has 0 aliphatic heterocycles. The molecule has 90 valence electrons.